The van der Waals surface area contributed by atoms with Crippen LogP contribution in [0.1, 0.15) is 6.92 Å². The van der Waals surface area contributed by atoms with Crippen LogP contribution in [0.4, 0.5) is 0 Å². The molecule has 1 amide bonds. The summed E-state index contributed by atoms with van der Waals surface area (Å²) in [5, 5.41) is 60.8. The molecule has 8 N–H and O–H groups in total. The van der Waals surface area contributed by atoms with Crippen LogP contribution in [0.5, 0.6) is 0 Å². The Bertz CT molecular complexity index is 688. The molecule has 2 aliphatic heterocycles. The van der Waals surface area contributed by atoms with E-state index in [9.17, 15) is 43.9 Å². The third-order valence-corrected chi connectivity index (χ3v) is 5.05. The van der Waals surface area contributed by atoms with E-state index in [1.54, 1.807) is 0 Å². The van der Waals surface area contributed by atoms with Crippen molar-refractivity contribution in [3.05, 3.63) is 0 Å². The lowest BCUT2D eigenvalue weighted by atomic mass is 9.95. The van der Waals surface area contributed by atoms with Crippen LogP contribution < -0.4 is 5.32 Å². The van der Waals surface area contributed by atoms with Crippen molar-refractivity contribution in [2.45, 2.75) is 68.3 Å². The molecule has 2 rings (SSSR count). The van der Waals surface area contributed by atoms with Gasteiger partial charge >= 0.3 is 10.4 Å². The van der Waals surface area contributed by atoms with E-state index in [0.717, 1.165) is 6.92 Å². The fraction of sp³-hybridized carbons (Fsp3) is 0.929. The Morgan fingerprint density at radius 2 is 1.57 bits per heavy atom. The maximum Gasteiger partial charge on any atom is 0.397 e. The summed E-state index contributed by atoms with van der Waals surface area (Å²) in [6, 6.07) is -1.62. The number of hydrogen-bond acceptors (Lipinski definition) is 13. The number of nitrogens with one attached hydrogen (secondary N) is 1. The van der Waals surface area contributed by atoms with Crippen LogP contribution in [-0.2, 0) is 33.6 Å². The highest BCUT2D eigenvalue weighted by Crippen LogP contribution is 2.30. The number of aliphatic hydroxyl groups excluding tert-OH is 6. The largest absolute Gasteiger partial charge is 0.397 e. The zero-order valence-electron chi connectivity index (χ0n) is 15.6. The monoisotopic (exact) mass is 463 g/mol. The zero-order chi connectivity index (χ0) is 22.8. The van der Waals surface area contributed by atoms with E-state index in [2.05, 4.69) is 9.50 Å². The second kappa shape index (κ2) is 10.1. The third-order valence-electron chi connectivity index (χ3n) is 4.59. The van der Waals surface area contributed by atoms with E-state index in [1.807, 2.05) is 0 Å². The van der Waals surface area contributed by atoms with E-state index in [1.165, 1.54) is 0 Å². The first kappa shape index (κ1) is 25.2. The van der Waals surface area contributed by atoms with Gasteiger partial charge in [-0.1, -0.05) is 0 Å². The summed E-state index contributed by atoms with van der Waals surface area (Å²) in [6.07, 6.45) is -15.6. The van der Waals surface area contributed by atoms with Crippen molar-refractivity contribution in [3.63, 3.8) is 0 Å². The smallest absolute Gasteiger partial charge is 0.394 e. The number of rotatable bonds is 7. The first-order chi connectivity index (χ1) is 13.9. The molecule has 0 aliphatic carbocycles. The molecule has 0 spiro atoms. The van der Waals surface area contributed by atoms with Gasteiger partial charge < -0.3 is 50.2 Å². The van der Waals surface area contributed by atoms with Crippen LogP contribution in [0, 0.1) is 0 Å². The molecule has 15 nitrogen and oxygen atoms in total. The molecule has 0 unspecified atom stereocenters. The molecular weight excluding hydrogens is 438 g/mol. The first-order valence-corrected chi connectivity index (χ1v) is 10.1. The van der Waals surface area contributed by atoms with Crippen molar-refractivity contribution >= 4 is 16.3 Å². The Balaban J connectivity index is 2.36. The summed E-state index contributed by atoms with van der Waals surface area (Å²) in [5.74, 6) is -0.749. The zero-order valence-corrected chi connectivity index (χ0v) is 16.4. The van der Waals surface area contributed by atoms with Gasteiger partial charge in [-0.05, 0) is 0 Å². The van der Waals surface area contributed by atoms with Gasteiger partial charge in [0.25, 0.3) is 0 Å². The van der Waals surface area contributed by atoms with Crippen molar-refractivity contribution in [2.75, 3.05) is 13.2 Å². The van der Waals surface area contributed by atoms with Crippen LogP contribution in [0.3, 0.4) is 0 Å². The average molecular weight is 463 g/mol. The highest BCUT2D eigenvalue weighted by atomic mass is 32.3. The van der Waals surface area contributed by atoms with E-state index < -0.39 is 90.9 Å². The Kier molecular flexibility index (Phi) is 8.47. The first-order valence-electron chi connectivity index (χ1n) is 8.72. The van der Waals surface area contributed by atoms with Crippen molar-refractivity contribution in [3.8, 4) is 0 Å². The van der Waals surface area contributed by atoms with Crippen molar-refractivity contribution < 1.29 is 66.8 Å². The van der Waals surface area contributed by atoms with Gasteiger partial charge in [0.15, 0.2) is 12.6 Å². The van der Waals surface area contributed by atoms with Crippen molar-refractivity contribution in [1.29, 1.82) is 0 Å². The van der Waals surface area contributed by atoms with Gasteiger partial charge in [-0.25, -0.2) is 4.18 Å². The van der Waals surface area contributed by atoms with Crippen LogP contribution >= 0.6 is 0 Å². The highest BCUT2D eigenvalue weighted by Gasteiger charge is 2.52. The summed E-state index contributed by atoms with van der Waals surface area (Å²) < 4.78 is 51.9. The number of carbonyl (C=O) groups excluding carboxylic acids is 1. The number of aliphatic hydroxyl groups is 6. The molecule has 30 heavy (non-hydrogen) atoms. The van der Waals surface area contributed by atoms with Gasteiger partial charge in [0, 0.05) is 6.92 Å². The lowest BCUT2D eigenvalue weighted by Crippen LogP contribution is -2.68. The average Bonchev–Trinajstić information content (AvgIpc) is 2.65. The van der Waals surface area contributed by atoms with Crippen molar-refractivity contribution in [1.82, 2.24) is 5.32 Å². The number of hydrogen-bond donors (Lipinski definition) is 8. The van der Waals surface area contributed by atoms with Gasteiger partial charge in [0.2, 0.25) is 5.91 Å². The lowest BCUT2D eigenvalue weighted by molar-refractivity contribution is -0.343. The summed E-state index contributed by atoms with van der Waals surface area (Å²) >= 11 is 0. The third kappa shape index (κ3) is 5.81. The molecule has 0 aromatic rings. The SMILES string of the molecule is CC(=O)N[C@@H]1[C@@H](OS(=O)(=O)O)[C@H](O[C@H]2O[C@H](CO)[C@H](O)[C@H](O)[C@H]2O)[C@@H](CO)O[C@H]1O. The summed E-state index contributed by atoms with van der Waals surface area (Å²) in [4.78, 5) is 11.4. The number of ether oxygens (including phenoxy) is 3. The van der Waals surface area contributed by atoms with Crippen LogP contribution in [0.25, 0.3) is 0 Å². The van der Waals surface area contributed by atoms with E-state index >= 15 is 0 Å². The predicted molar refractivity (Wildman–Crippen MR) is 90.6 cm³/mol. The molecule has 16 heteroatoms. The molecule has 0 aromatic heterocycles. The maximum absolute atomic E-state index is 11.4. The van der Waals surface area contributed by atoms with Gasteiger partial charge in [-0.3, -0.25) is 9.35 Å². The van der Waals surface area contributed by atoms with Crippen LogP contribution in [0.15, 0.2) is 0 Å². The molecule has 2 heterocycles. The second-order valence-electron chi connectivity index (χ2n) is 6.76. The predicted octanol–water partition coefficient (Wildman–Crippen LogP) is -5.43. The molecule has 0 aromatic carbocycles. The molecular formula is C14H25NO14S. The highest BCUT2D eigenvalue weighted by molar-refractivity contribution is 7.80. The Morgan fingerprint density at radius 1 is 0.967 bits per heavy atom. The Morgan fingerprint density at radius 3 is 2.07 bits per heavy atom. The summed E-state index contributed by atoms with van der Waals surface area (Å²) in [6.45, 7) is -0.631. The fourth-order valence-electron chi connectivity index (χ4n) is 3.21. The normalized spacial score (nSPS) is 42.7. The molecule has 2 fully saturated rings. The van der Waals surface area contributed by atoms with Gasteiger partial charge in [-0.2, -0.15) is 8.42 Å². The minimum atomic E-state index is -5.18. The van der Waals surface area contributed by atoms with Gasteiger partial charge in [0.05, 0.1) is 13.2 Å². The standard InChI is InChI=1S/C14H25NO14S/c1-4(18)15-7-12(29-30(23,24)25)11(6(3-17)26-13(7)22)28-14-10(21)9(20)8(19)5(2-16)27-14/h5-14,16-17,19-22H,2-3H2,1H3,(H,15,18)(H,23,24,25)/t5-,6-,7-,8+,9+,10-,11-,12-,13-,14-/m1/s1. The fourth-order valence-corrected chi connectivity index (χ4v) is 3.72. The number of amides is 1. The minimum Gasteiger partial charge on any atom is -0.394 e. The van der Waals surface area contributed by atoms with Crippen LogP contribution in [0.2, 0.25) is 0 Å². The quantitative estimate of drug-likeness (QED) is 0.164. The van der Waals surface area contributed by atoms with E-state index in [0.29, 0.717) is 0 Å². The molecule has 176 valence electrons. The topological polar surface area (TPSA) is 242 Å². The van der Waals surface area contributed by atoms with Crippen LogP contribution in [-0.4, -0.2) is 124 Å². The minimum absolute atomic E-state index is 0.749. The maximum atomic E-state index is 11.4. The molecule has 2 aliphatic rings. The molecule has 0 saturated carbocycles. The summed E-state index contributed by atoms with van der Waals surface area (Å²) in [7, 11) is -5.18. The Hall–Kier alpha value is -1.02. The molecule has 0 bridgehead atoms. The van der Waals surface area contributed by atoms with E-state index in [4.69, 9.17) is 18.8 Å². The Labute approximate surface area is 170 Å². The molecule has 10 atom stereocenters. The van der Waals surface area contributed by atoms with Gasteiger partial charge in [0.1, 0.15) is 48.8 Å². The summed E-state index contributed by atoms with van der Waals surface area (Å²) in [5.41, 5.74) is 0. The molecule has 2 saturated heterocycles. The van der Waals surface area contributed by atoms with Gasteiger partial charge in [-0.15, -0.1) is 0 Å². The lowest BCUT2D eigenvalue weighted by Gasteiger charge is -2.46. The second-order valence-corrected chi connectivity index (χ2v) is 7.81. The van der Waals surface area contributed by atoms with E-state index in [-0.39, 0.29) is 0 Å². The van der Waals surface area contributed by atoms with Crippen molar-refractivity contribution in [2.24, 2.45) is 0 Å². The number of carbonyl (C=O) groups is 1. The molecule has 0 radical (unpaired) electrons.